The van der Waals surface area contributed by atoms with E-state index in [4.69, 9.17) is 4.74 Å². The van der Waals surface area contributed by atoms with Crippen molar-refractivity contribution in [3.8, 4) is 0 Å². The topological polar surface area (TPSA) is 21.3 Å². The van der Waals surface area contributed by atoms with Gasteiger partial charge in [0.05, 0.1) is 12.6 Å². The minimum atomic E-state index is 0.471. The van der Waals surface area contributed by atoms with Crippen molar-refractivity contribution < 1.29 is 4.74 Å². The first kappa shape index (κ1) is 14.3. The Balaban J connectivity index is 1.88. The molecule has 0 aromatic heterocycles. The highest BCUT2D eigenvalue weighted by Crippen LogP contribution is 2.29. The van der Waals surface area contributed by atoms with Gasteiger partial charge in [0.2, 0.25) is 0 Å². The van der Waals surface area contributed by atoms with Crippen molar-refractivity contribution in [2.75, 3.05) is 24.7 Å². The SMILES string of the molecule is CCCNC(CC1CCSCC1)C1=CCCCO1. The third-order valence-electron chi connectivity index (χ3n) is 3.86. The van der Waals surface area contributed by atoms with Gasteiger partial charge >= 0.3 is 0 Å². The number of hydrogen-bond acceptors (Lipinski definition) is 3. The lowest BCUT2D eigenvalue weighted by molar-refractivity contribution is 0.158. The van der Waals surface area contributed by atoms with E-state index in [-0.39, 0.29) is 0 Å². The lowest BCUT2D eigenvalue weighted by Gasteiger charge is -2.30. The van der Waals surface area contributed by atoms with Crippen LogP contribution in [0.5, 0.6) is 0 Å². The van der Waals surface area contributed by atoms with E-state index in [0.29, 0.717) is 6.04 Å². The maximum absolute atomic E-state index is 5.87. The molecule has 2 aliphatic heterocycles. The molecule has 2 rings (SSSR count). The Labute approximate surface area is 116 Å². The molecule has 18 heavy (non-hydrogen) atoms. The molecular weight excluding hydrogens is 242 g/mol. The highest BCUT2D eigenvalue weighted by molar-refractivity contribution is 7.99. The summed E-state index contributed by atoms with van der Waals surface area (Å²) in [6, 6.07) is 0.471. The van der Waals surface area contributed by atoms with Crippen molar-refractivity contribution in [2.24, 2.45) is 5.92 Å². The molecule has 3 heteroatoms. The van der Waals surface area contributed by atoms with Crippen LogP contribution in [0.1, 0.15) is 45.4 Å². The van der Waals surface area contributed by atoms with Gasteiger partial charge in [-0.3, -0.25) is 0 Å². The Morgan fingerprint density at radius 3 is 2.94 bits per heavy atom. The number of thioether (sulfide) groups is 1. The molecule has 104 valence electrons. The van der Waals surface area contributed by atoms with Crippen LogP contribution in [0.15, 0.2) is 11.8 Å². The normalized spacial score (nSPS) is 23.3. The quantitative estimate of drug-likeness (QED) is 0.796. The molecule has 0 aliphatic carbocycles. The van der Waals surface area contributed by atoms with E-state index in [1.165, 1.54) is 55.8 Å². The molecule has 2 nitrogen and oxygen atoms in total. The second-order valence-electron chi connectivity index (χ2n) is 5.40. The van der Waals surface area contributed by atoms with Crippen LogP contribution in [0.4, 0.5) is 0 Å². The van der Waals surface area contributed by atoms with Gasteiger partial charge in [-0.1, -0.05) is 6.92 Å². The third kappa shape index (κ3) is 4.51. The highest BCUT2D eigenvalue weighted by atomic mass is 32.2. The zero-order valence-electron chi connectivity index (χ0n) is 11.6. The zero-order valence-corrected chi connectivity index (χ0v) is 12.4. The average molecular weight is 269 g/mol. The molecule has 0 spiro atoms. The lowest BCUT2D eigenvalue weighted by Crippen LogP contribution is -2.36. The predicted octanol–water partition coefficient (Wildman–Crippen LogP) is 3.58. The average Bonchev–Trinajstić information content (AvgIpc) is 2.45. The Morgan fingerprint density at radius 2 is 2.28 bits per heavy atom. The molecule has 1 atom stereocenters. The Kier molecular flexibility index (Phi) is 6.42. The number of rotatable bonds is 6. The summed E-state index contributed by atoms with van der Waals surface area (Å²) in [6.07, 6.45) is 9.94. The smallest absolute Gasteiger partial charge is 0.109 e. The predicted molar refractivity (Wildman–Crippen MR) is 80.0 cm³/mol. The zero-order chi connectivity index (χ0) is 12.6. The molecule has 0 radical (unpaired) electrons. The summed E-state index contributed by atoms with van der Waals surface area (Å²) in [6.45, 7) is 4.25. The van der Waals surface area contributed by atoms with Gasteiger partial charge in [-0.05, 0) is 68.6 Å². The van der Waals surface area contributed by atoms with Gasteiger partial charge < -0.3 is 10.1 Å². The van der Waals surface area contributed by atoms with Crippen molar-refractivity contribution in [2.45, 2.75) is 51.5 Å². The minimum Gasteiger partial charge on any atom is -0.497 e. The van der Waals surface area contributed by atoms with Crippen LogP contribution in [0.3, 0.4) is 0 Å². The molecule has 0 aromatic rings. The summed E-state index contributed by atoms with van der Waals surface area (Å²) in [5.74, 6) is 4.83. The first-order valence-electron chi connectivity index (χ1n) is 7.54. The van der Waals surface area contributed by atoms with E-state index >= 15 is 0 Å². The van der Waals surface area contributed by atoms with Crippen LogP contribution in [0.25, 0.3) is 0 Å². The van der Waals surface area contributed by atoms with Crippen LogP contribution in [0.2, 0.25) is 0 Å². The molecule has 0 aromatic carbocycles. The van der Waals surface area contributed by atoms with Gasteiger partial charge in [0, 0.05) is 0 Å². The van der Waals surface area contributed by atoms with Gasteiger partial charge in [-0.2, -0.15) is 11.8 Å². The standard InChI is InChI=1S/C15H27NOS/c1-2-8-16-14(15-5-3-4-9-17-15)12-13-6-10-18-11-7-13/h5,13-14,16H,2-4,6-12H2,1H3. The van der Waals surface area contributed by atoms with E-state index in [0.717, 1.165) is 19.1 Å². The van der Waals surface area contributed by atoms with Crippen molar-refractivity contribution in [1.82, 2.24) is 5.32 Å². The fraction of sp³-hybridized carbons (Fsp3) is 0.867. The van der Waals surface area contributed by atoms with Gasteiger partial charge in [0.1, 0.15) is 5.76 Å². The summed E-state index contributed by atoms with van der Waals surface area (Å²) in [5.41, 5.74) is 0. The Hall–Kier alpha value is -0.150. The van der Waals surface area contributed by atoms with Crippen LogP contribution < -0.4 is 5.32 Å². The van der Waals surface area contributed by atoms with Crippen molar-refractivity contribution in [1.29, 1.82) is 0 Å². The van der Waals surface area contributed by atoms with E-state index < -0.39 is 0 Å². The molecule has 1 unspecified atom stereocenters. The maximum Gasteiger partial charge on any atom is 0.109 e. The fourth-order valence-electron chi connectivity index (χ4n) is 2.75. The van der Waals surface area contributed by atoms with Crippen LogP contribution >= 0.6 is 11.8 Å². The van der Waals surface area contributed by atoms with Crippen LogP contribution in [-0.2, 0) is 4.74 Å². The summed E-state index contributed by atoms with van der Waals surface area (Å²) >= 11 is 2.11. The summed E-state index contributed by atoms with van der Waals surface area (Å²) in [5, 5.41) is 3.69. The van der Waals surface area contributed by atoms with E-state index in [9.17, 15) is 0 Å². The molecule has 1 N–H and O–H groups in total. The Morgan fingerprint density at radius 1 is 1.44 bits per heavy atom. The van der Waals surface area contributed by atoms with Crippen LogP contribution in [0, 0.1) is 5.92 Å². The van der Waals surface area contributed by atoms with Crippen molar-refractivity contribution >= 4 is 11.8 Å². The largest absolute Gasteiger partial charge is 0.497 e. The summed E-state index contributed by atoms with van der Waals surface area (Å²) < 4.78 is 5.87. The van der Waals surface area contributed by atoms with Gasteiger partial charge in [0.25, 0.3) is 0 Å². The molecule has 0 amide bonds. The summed E-state index contributed by atoms with van der Waals surface area (Å²) in [4.78, 5) is 0. The van der Waals surface area contributed by atoms with E-state index in [2.05, 4.69) is 30.1 Å². The van der Waals surface area contributed by atoms with E-state index in [1.54, 1.807) is 0 Å². The van der Waals surface area contributed by atoms with Crippen molar-refractivity contribution in [3.63, 3.8) is 0 Å². The highest BCUT2D eigenvalue weighted by Gasteiger charge is 2.23. The Bertz CT molecular complexity index is 261. The first-order valence-corrected chi connectivity index (χ1v) is 8.69. The third-order valence-corrected chi connectivity index (χ3v) is 4.91. The second kappa shape index (κ2) is 8.11. The minimum absolute atomic E-state index is 0.471. The maximum atomic E-state index is 5.87. The first-order chi connectivity index (χ1) is 8.90. The van der Waals surface area contributed by atoms with E-state index in [1.807, 2.05) is 0 Å². The lowest BCUT2D eigenvalue weighted by atomic mass is 9.92. The number of nitrogens with one attached hydrogen (secondary N) is 1. The molecule has 0 bridgehead atoms. The summed E-state index contributed by atoms with van der Waals surface area (Å²) in [7, 11) is 0. The van der Waals surface area contributed by atoms with Gasteiger partial charge in [-0.15, -0.1) is 0 Å². The van der Waals surface area contributed by atoms with Crippen molar-refractivity contribution in [3.05, 3.63) is 11.8 Å². The second-order valence-corrected chi connectivity index (χ2v) is 6.62. The fourth-order valence-corrected chi connectivity index (χ4v) is 3.96. The molecule has 2 aliphatic rings. The number of hydrogen-bond donors (Lipinski definition) is 1. The molecule has 2 heterocycles. The number of allylic oxidation sites excluding steroid dienone is 1. The monoisotopic (exact) mass is 269 g/mol. The molecular formula is C15H27NOS. The van der Waals surface area contributed by atoms with Crippen LogP contribution in [-0.4, -0.2) is 30.7 Å². The van der Waals surface area contributed by atoms with Gasteiger partial charge in [-0.25, -0.2) is 0 Å². The molecule has 0 saturated carbocycles. The van der Waals surface area contributed by atoms with Gasteiger partial charge in [0.15, 0.2) is 0 Å². The molecule has 1 fully saturated rings. The molecule has 1 saturated heterocycles. The number of ether oxygens (including phenoxy) is 1.